The highest BCUT2D eigenvalue weighted by Crippen LogP contribution is 2.31. The van der Waals surface area contributed by atoms with Crippen LogP contribution in [0.3, 0.4) is 0 Å². The Bertz CT molecular complexity index is 959. The molecule has 0 saturated carbocycles. The van der Waals surface area contributed by atoms with Crippen molar-refractivity contribution in [1.29, 1.82) is 0 Å². The number of alkyl halides is 3. The largest absolute Gasteiger partial charge is 0.481 e. The van der Waals surface area contributed by atoms with Crippen LogP contribution in [0, 0.1) is 0 Å². The van der Waals surface area contributed by atoms with Gasteiger partial charge in [-0.3, -0.25) is 0 Å². The zero-order chi connectivity index (χ0) is 19.0. The van der Waals surface area contributed by atoms with Gasteiger partial charge < -0.3 is 19.4 Å². The Hall–Kier alpha value is -3.11. The monoisotopic (exact) mass is 379 g/mol. The van der Waals surface area contributed by atoms with E-state index in [1.165, 1.54) is 23.9 Å². The fourth-order valence-electron chi connectivity index (χ4n) is 3.04. The van der Waals surface area contributed by atoms with E-state index in [9.17, 15) is 13.2 Å². The molecule has 1 atom stereocenters. The van der Waals surface area contributed by atoms with E-state index in [0.29, 0.717) is 30.7 Å². The number of imidazole rings is 1. The summed E-state index contributed by atoms with van der Waals surface area (Å²) in [6.45, 7) is 1.17. The number of halogens is 3. The number of aromatic nitrogens is 5. The second-order valence-electron chi connectivity index (χ2n) is 6.10. The predicted molar refractivity (Wildman–Crippen MR) is 90.8 cm³/mol. The smallest absolute Gasteiger partial charge is 0.434 e. The van der Waals surface area contributed by atoms with Gasteiger partial charge in [-0.15, -0.1) is 0 Å². The third-order valence-corrected chi connectivity index (χ3v) is 4.31. The number of rotatable bonds is 4. The first kappa shape index (κ1) is 17.3. The Morgan fingerprint density at radius 1 is 1.22 bits per heavy atom. The maximum Gasteiger partial charge on any atom is 0.434 e. The molecule has 4 rings (SSSR count). The lowest BCUT2D eigenvalue weighted by Crippen LogP contribution is -2.27. The van der Waals surface area contributed by atoms with Crippen molar-refractivity contribution in [3.8, 4) is 5.88 Å². The normalized spacial score (nSPS) is 17.5. The quantitative estimate of drug-likeness (QED) is 0.745. The fraction of sp³-hybridized carbons (Fsp3) is 0.375. The van der Waals surface area contributed by atoms with E-state index in [0.717, 1.165) is 12.6 Å². The molecule has 1 N–H and O–H groups in total. The van der Waals surface area contributed by atoms with Crippen molar-refractivity contribution in [3.05, 3.63) is 36.5 Å². The third kappa shape index (κ3) is 3.44. The van der Waals surface area contributed by atoms with Crippen LogP contribution in [0.15, 0.2) is 30.9 Å². The second-order valence-corrected chi connectivity index (χ2v) is 6.10. The maximum absolute atomic E-state index is 13.0. The molecule has 1 fully saturated rings. The molecular weight excluding hydrogens is 363 g/mol. The first-order chi connectivity index (χ1) is 12.9. The molecule has 3 aromatic heterocycles. The molecule has 1 aliphatic rings. The lowest BCUT2D eigenvalue weighted by atomic mass is 10.3. The van der Waals surface area contributed by atoms with Crippen molar-refractivity contribution < 1.29 is 17.9 Å². The van der Waals surface area contributed by atoms with Gasteiger partial charge in [0.2, 0.25) is 11.8 Å². The van der Waals surface area contributed by atoms with Gasteiger partial charge in [0.15, 0.2) is 17.2 Å². The molecule has 27 heavy (non-hydrogen) atoms. The van der Waals surface area contributed by atoms with Crippen LogP contribution >= 0.6 is 0 Å². The minimum atomic E-state index is -4.50. The molecule has 1 saturated heterocycles. The van der Waals surface area contributed by atoms with E-state index < -0.39 is 11.9 Å². The predicted octanol–water partition coefficient (Wildman–Crippen LogP) is 2.24. The number of nitrogens with one attached hydrogen (secondary N) is 1. The summed E-state index contributed by atoms with van der Waals surface area (Å²) >= 11 is 0. The van der Waals surface area contributed by atoms with Crippen molar-refractivity contribution in [2.75, 3.05) is 30.4 Å². The highest BCUT2D eigenvalue weighted by molar-refractivity contribution is 5.65. The van der Waals surface area contributed by atoms with Crippen LogP contribution in [-0.2, 0) is 6.18 Å². The SMILES string of the molecule is COc1ccnc(NC2CCN(c3nccn4cc(C(F)(F)F)nc34)C2)n1. The van der Waals surface area contributed by atoms with Crippen molar-refractivity contribution >= 4 is 17.4 Å². The van der Waals surface area contributed by atoms with Crippen molar-refractivity contribution in [3.63, 3.8) is 0 Å². The lowest BCUT2D eigenvalue weighted by Gasteiger charge is -2.18. The molecule has 8 nitrogen and oxygen atoms in total. The molecule has 142 valence electrons. The zero-order valence-corrected chi connectivity index (χ0v) is 14.3. The number of hydrogen-bond donors (Lipinski definition) is 1. The van der Waals surface area contributed by atoms with E-state index >= 15 is 0 Å². The number of ether oxygens (including phenoxy) is 1. The Labute approximate surface area is 152 Å². The summed E-state index contributed by atoms with van der Waals surface area (Å²) in [5.74, 6) is 1.31. The molecule has 0 spiro atoms. The number of nitrogens with zero attached hydrogens (tertiary/aromatic N) is 6. The summed E-state index contributed by atoms with van der Waals surface area (Å²) in [4.78, 5) is 18.2. The molecule has 0 bridgehead atoms. The van der Waals surface area contributed by atoms with E-state index in [2.05, 4.69) is 25.3 Å². The van der Waals surface area contributed by atoms with Crippen LogP contribution < -0.4 is 15.0 Å². The Morgan fingerprint density at radius 3 is 2.85 bits per heavy atom. The van der Waals surface area contributed by atoms with Crippen LogP contribution in [0.25, 0.3) is 5.65 Å². The molecule has 1 aliphatic heterocycles. The van der Waals surface area contributed by atoms with Crippen LogP contribution in [0.4, 0.5) is 24.9 Å². The Morgan fingerprint density at radius 2 is 2.07 bits per heavy atom. The summed E-state index contributed by atoms with van der Waals surface area (Å²) in [5, 5.41) is 3.21. The van der Waals surface area contributed by atoms with E-state index in [4.69, 9.17) is 4.74 Å². The summed E-state index contributed by atoms with van der Waals surface area (Å²) < 4.78 is 45.3. The molecule has 0 aromatic carbocycles. The first-order valence-electron chi connectivity index (χ1n) is 8.23. The zero-order valence-electron chi connectivity index (χ0n) is 14.3. The maximum atomic E-state index is 13.0. The third-order valence-electron chi connectivity index (χ3n) is 4.31. The highest BCUT2D eigenvalue weighted by atomic mass is 19.4. The summed E-state index contributed by atoms with van der Waals surface area (Å²) in [6.07, 6.45) is 1.74. The minimum Gasteiger partial charge on any atom is -0.481 e. The van der Waals surface area contributed by atoms with Gasteiger partial charge >= 0.3 is 6.18 Å². The lowest BCUT2D eigenvalue weighted by molar-refractivity contribution is -0.140. The van der Waals surface area contributed by atoms with Gasteiger partial charge in [0.25, 0.3) is 0 Å². The van der Waals surface area contributed by atoms with Gasteiger partial charge in [-0.1, -0.05) is 0 Å². The first-order valence-corrected chi connectivity index (χ1v) is 8.23. The molecular formula is C16H16F3N7O. The average molecular weight is 379 g/mol. The van der Waals surface area contributed by atoms with Gasteiger partial charge in [0.1, 0.15) is 0 Å². The van der Waals surface area contributed by atoms with E-state index in [1.807, 2.05) is 4.90 Å². The van der Waals surface area contributed by atoms with Crippen LogP contribution in [-0.4, -0.2) is 50.6 Å². The molecule has 1 unspecified atom stereocenters. The summed E-state index contributed by atoms with van der Waals surface area (Å²) in [5.41, 5.74) is -0.751. The van der Waals surface area contributed by atoms with Crippen LogP contribution in [0.5, 0.6) is 5.88 Å². The van der Waals surface area contributed by atoms with E-state index in [1.54, 1.807) is 12.3 Å². The standard InChI is InChI=1S/C16H16F3N7O/c1-27-12-2-4-21-15(24-12)22-10-3-6-25(8-10)13-14-23-11(16(17,18)19)9-26(14)7-5-20-13/h2,4-5,7,9-10H,3,6,8H2,1H3,(H,21,22,24). The van der Waals surface area contributed by atoms with E-state index in [-0.39, 0.29) is 11.7 Å². The van der Waals surface area contributed by atoms with Gasteiger partial charge in [-0.25, -0.2) is 15.0 Å². The van der Waals surface area contributed by atoms with Crippen LogP contribution in [0.1, 0.15) is 12.1 Å². The molecule has 0 radical (unpaired) electrons. The Balaban J connectivity index is 1.54. The van der Waals surface area contributed by atoms with Gasteiger partial charge in [0, 0.05) is 50.0 Å². The minimum absolute atomic E-state index is 0.0243. The molecule has 0 amide bonds. The van der Waals surface area contributed by atoms with Gasteiger partial charge in [-0.2, -0.15) is 18.2 Å². The van der Waals surface area contributed by atoms with Crippen molar-refractivity contribution in [2.24, 2.45) is 0 Å². The van der Waals surface area contributed by atoms with Gasteiger partial charge in [-0.05, 0) is 6.42 Å². The molecule has 11 heteroatoms. The van der Waals surface area contributed by atoms with Crippen LogP contribution in [0.2, 0.25) is 0 Å². The number of anilines is 2. The summed E-state index contributed by atoms with van der Waals surface area (Å²) in [7, 11) is 1.52. The molecule has 4 heterocycles. The second kappa shape index (κ2) is 6.56. The molecule has 0 aliphatic carbocycles. The number of methoxy groups -OCH3 is 1. The number of fused-ring (bicyclic) bond motifs is 1. The fourth-order valence-corrected chi connectivity index (χ4v) is 3.04. The van der Waals surface area contributed by atoms with Crippen molar-refractivity contribution in [1.82, 2.24) is 24.3 Å². The van der Waals surface area contributed by atoms with Crippen molar-refractivity contribution in [2.45, 2.75) is 18.6 Å². The molecule has 3 aromatic rings. The summed E-state index contributed by atoms with van der Waals surface area (Å²) in [6, 6.07) is 1.67. The number of hydrogen-bond acceptors (Lipinski definition) is 7. The average Bonchev–Trinajstić information content (AvgIpc) is 3.28. The van der Waals surface area contributed by atoms with Gasteiger partial charge in [0.05, 0.1) is 7.11 Å². The Kier molecular flexibility index (Phi) is 4.21. The topological polar surface area (TPSA) is 80.5 Å². The highest BCUT2D eigenvalue weighted by Gasteiger charge is 2.35.